The van der Waals surface area contributed by atoms with Crippen molar-refractivity contribution in [3.8, 4) is 0 Å². The van der Waals surface area contributed by atoms with Gasteiger partial charge in [-0.1, -0.05) is 20.3 Å². The molecule has 0 aromatic rings. The lowest BCUT2D eigenvalue weighted by Gasteiger charge is -2.45. The van der Waals surface area contributed by atoms with E-state index in [-0.39, 0.29) is 0 Å². The summed E-state index contributed by atoms with van der Waals surface area (Å²) in [6.07, 6.45) is 8.44. The van der Waals surface area contributed by atoms with Crippen LogP contribution in [0.3, 0.4) is 0 Å². The Morgan fingerprint density at radius 2 is 1.94 bits per heavy atom. The zero-order valence-electron chi connectivity index (χ0n) is 11.9. The minimum atomic E-state index is 0.783. The zero-order chi connectivity index (χ0) is 12.3. The molecule has 1 aliphatic heterocycles. The largest absolute Gasteiger partial charge is 0.314 e. The van der Waals surface area contributed by atoms with Crippen LogP contribution in [0.15, 0.2) is 0 Å². The van der Waals surface area contributed by atoms with Crippen LogP contribution in [0.1, 0.15) is 59.3 Å². The van der Waals surface area contributed by atoms with Crippen LogP contribution in [-0.4, -0.2) is 36.1 Å². The molecule has 2 nitrogen and oxygen atoms in total. The van der Waals surface area contributed by atoms with Crippen molar-refractivity contribution in [2.24, 2.45) is 5.92 Å². The topological polar surface area (TPSA) is 15.3 Å². The van der Waals surface area contributed by atoms with Crippen molar-refractivity contribution in [3.05, 3.63) is 0 Å². The molecule has 4 atom stereocenters. The van der Waals surface area contributed by atoms with Gasteiger partial charge in [-0.3, -0.25) is 4.90 Å². The van der Waals surface area contributed by atoms with Crippen LogP contribution in [0, 0.1) is 5.92 Å². The highest BCUT2D eigenvalue weighted by Gasteiger charge is 2.31. The van der Waals surface area contributed by atoms with E-state index in [2.05, 4.69) is 31.0 Å². The predicted molar refractivity (Wildman–Crippen MR) is 74.3 cm³/mol. The molecule has 2 fully saturated rings. The van der Waals surface area contributed by atoms with Crippen LogP contribution in [0.2, 0.25) is 0 Å². The van der Waals surface area contributed by atoms with Gasteiger partial charge < -0.3 is 5.32 Å². The Bertz CT molecular complexity index is 227. The number of likely N-dealkylation sites (tertiary alicyclic amines) is 1. The van der Waals surface area contributed by atoms with Crippen LogP contribution >= 0.6 is 0 Å². The van der Waals surface area contributed by atoms with E-state index in [4.69, 9.17) is 0 Å². The molecule has 0 radical (unpaired) electrons. The fourth-order valence-electron chi connectivity index (χ4n) is 3.91. The number of nitrogens with zero attached hydrogens (tertiary/aromatic N) is 1. The minimum absolute atomic E-state index is 0.783. The molecule has 0 bridgehead atoms. The van der Waals surface area contributed by atoms with Crippen molar-refractivity contribution in [2.75, 3.05) is 13.1 Å². The first kappa shape index (κ1) is 13.4. The van der Waals surface area contributed by atoms with Gasteiger partial charge in [0, 0.05) is 18.1 Å². The summed E-state index contributed by atoms with van der Waals surface area (Å²) in [6.45, 7) is 9.55. The molecule has 17 heavy (non-hydrogen) atoms. The lowest BCUT2D eigenvalue weighted by atomic mass is 9.85. The molecule has 1 saturated heterocycles. The molecule has 1 saturated carbocycles. The summed E-state index contributed by atoms with van der Waals surface area (Å²) in [4.78, 5) is 2.81. The van der Waals surface area contributed by atoms with Gasteiger partial charge in [-0.25, -0.2) is 0 Å². The third kappa shape index (κ3) is 3.45. The molecule has 4 unspecified atom stereocenters. The van der Waals surface area contributed by atoms with Gasteiger partial charge in [-0.05, 0) is 58.0 Å². The van der Waals surface area contributed by atoms with E-state index in [1.807, 2.05) is 0 Å². The number of piperidine rings is 1. The van der Waals surface area contributed by atoms with E-state index in [0.717, 1.165) is 30.6 Å². The van der Waals surface area contributed by atoms with Crippen molar-refractivity contribution in [3.63, 3.8) is 0 Å². The summed E-state index contributed by atoms with van der Waals surface area (Å²) < 4.78 is 0. The average Bonchev–Trinajstić information content (AvgIpc) is 2.29. The normalized spacial score (nSPS) is 40.4. The molecule has 0 spiro atoms. The lowest BCUT2D eigenvalue weighted by Crippen LogP contribution is -2.50. The standard InChI is InChI=1S/C15H30N2/c1-4-16-14-6-5-7-15(11-14)17-9-8-12(2)10-13(17)3/h12-16H,4-11H2,1-3H3. The molecule has 2 heteroatoms. The lowest BCUT2D eigenvalue weighted by molar-refractivity contribution is 0.0553. The average molecular weight is 238 g/mol. The van der Waals surface area contributed by atoms with Crippen molar-refractivity contribution < 1.29 is 0 Å². The van der Waals surface area contributed by atoms with Crippen LogP contribution in [0.25, 0.3) is 0 Å². The SMILES string of the molecule is CCNC1CCCC(N2CCC(C)CC2C)C1. The summed E-state index contributed by atoms with van der Waals surface area (Å²) in [5.74, 6) is 0.939. The van der Waals surface area contributed by atoms with E-state index >= 15 is 0 Å². The second-order valence-corrected chi connectivity index (χ2v) is 6.29. The van der Waals surface area contributed by atoms with E-state index in [9.17, 15) is 0 Å². The van der Waals surface area contributed by atoms with Gasteiger partial charge >= 0.3 is 0 Å². The van der Waals surface area contributed by atoms with Crippen LogP contribution in [-0.2, 0) is 0 Å². The molecule has 2 rings (SSSR count). The van der Waals surface area contributed by atoms with E-state index in [1.165, 1.54) is 45.1 Å². The third-order valence-electron chi connectivity index (χ3n) is 4.80. The summed E-state index contributed by atoms with van der Waals surface area (Å²) in [7, 11) is 0. The highest BCUT2D eigenvalue weighted by atomic mass is 15.2. The van der Waals surface area contributed by atoms with Gasteiger partial charge in [0.05, 0.1) is 0 Å². The number of rotatable bonds is 3. The molecule has 0 aromatic carbocycles. The van der Waals surface area contributed by atoms with Crippen LogP contribution < -0.4 is 5.32 Å². The second kappa shape index (κ2) is 6.19. The summed E-state index contributed by atoms with van der Waals surface area (Å²) >= 11 is 0. The van der Waals surface area contributed by atoms with Crippen molar-refractivity contribution in [1.82, 2.24) is 10.2 Å². The fourth-order valence-corrected chi connectivity index (χ4v) is 3.91. The Kier molecular flexibility index (Phi) is 4.87. The first-order valence-corrected chi connectivity index (χ1v) is 7.69. The predicted octanol–water partition coefficient (Wildman–Crippen LogP) is 3.03. The molecule has 0 amide bonds. The summed E-state index contributed by atoms with van der Waals surface area (Å²) in [6, 6.07) is 2.45. The molecular formula is C15H30N2. The summed E-state index contributed by atoms with van der Waals surface area (Å²) in [5.41, 5.74) is 0. The van der Waals surface area contributed by atoms with Gasteiger partial charge in [0.25, 0.3) is 0 Å². The maximum absolute atomic E-state index is 3.65. The summed E-state index contributed by atoms with van der Waals surface area (Å²) in [5, 5.41) is 3.65. The first-order valence-electron chi connectivity index (χ1n) is 7.69. The number of hydrogen-bond acceptors (Lipinski definition) is 2. The van der Waals surface area contributed by atoms with Gasteiger partial charge in [0.2, 0.25) is 0 Å². The fraction of sp³-hybridized carbons (Fsp3) is 1.00. The minimum Gasteiger partial charge on any atom is -0.314 e. The highest BCUT2D eigenvalue weighted by Crippen LogP contribution is 2.30. The first-order chi connectivity index (χ1) is 8.20. The maximum Gasteiger partial charge on any atom is 0.0113 e. The van der Waals surface area contributed by atoms with Crippen LogP contribution in [0.5, 0.6) is 0 Å². The number of nitrogens with one attached hydrogen (secondary N) is 1. The highest BCUT2D eigenvalue weighted by molar-refractivity contribution is 4.88. The molecule has 0 aromatic heterocycles. The van der Waals surface area contributed by atoms with E-state index < -0.39 is 0 Å². The molecule has 1 N–H and O–H groups in total. The maximum atomic E-state index is 3.65. The molecular weight excluding hydrogens is 208 g/mol. The van der Waals surface area contributed by atoms with Crippen LogP contribution in [0.4, 0.5) is 0 Å². The van der Waals surface area contributed by atoms with Gasteiger partial charge in [0.1, 0.15) is 0 Å². The molecule has 2 aliphatic rings. The van der Waals surface area contributed by atoms with Crippen molar-refractivity contribution >= 4 is 0 Å². The Balaban J connectivity index is 1.88. The molecule has 1 heterocycles. The molecule has 1 aliphatic carbocycles. The smallest absolute Gasteiger partial charge is 0.0113 e. The quantitative estimate of drug-likeness (QED) is 0.813. The third-order valence-corrected chi connectivity index (χ3v) is 4.80. The van der Waals surface area contributed by atoms with Gasteiger partial charge in [0.15, 0.2) is 0 Å². The zero-order valence-corrected chi connectivity index (χ0v) is 11.9. The van der Waals surface area contributed by atoms with E-state index in [1.54, 1.807) is 0 Å². The van der Waals surface area contributed by atoms with Crippen molar-refractivity contribution in [1.29, 1.82) is 0 Å². The Hall–Kier alpha value is -0.0800. The number of hydrogen-bond donors (Lipinski definition) is 1. The molecule has 100 valence electrons. The van der Waals surface area contributed by atoms with Gasteiger partial charge in [-0.15, -0.1) is 0 Å². The van der Waals surface area contributed by atoms with Crippen molar-refractivity contribution in [2.45, 2.75) is 77.4 Å². The van der Waals surface area contributed by atoms with Gasteiger partial charge in [-0.2, -0.15) is 0 Å². The Labute approximate surface area is 107 Å². The Morgan fingerprint density at radius 1 is 1.12 bits per heavy atom. The second-order valence-electron chi connectivity index (χ2n) is 6.29. The van der Waals surface area contributed by atoms with E-state index in [0.29, 0.717) is 0 Å². The Morgan fingerprint density at radius 3 is 2.65 bits per heavy atom. The monoisotopic (exact) mass is 238 g/mol.